The van der Waals surface area contributed by atoms with Crippen LogP contribution in [-0.2, 0) is 48.6 Å². The fourth-order valence-corrected chi connectivity index (χ4v) is 6.11. The summed E-state index contributed by atoms with van der Waals surface area (Å²) >= 11 is 0. The summed E-state index contributed by atoms with van der Waals surface area (Å²) in [6, 6.07) is 18.6. The van der Waals surface area contributed by atoms with E-state index in [0.29, 0.717) is 0 Å². The van der Waals surface area contributed by atoms with E-state index < -0.39 is 11.5 Å². The normalized spacial score (nSPS) is 11.4. The van der Waals surface area contributed by atoms with Crippen LogP contribution in [0, 0.1) is 0 Å². The van der Waals surface area contributed by atoms with Crippen molar-refractivity contribution in [2.45, 2.75) is 170 Å². The van der Waals surface area contributed by atoms with Crippen LogP contribution in [0.2, 0.25) is 0 Å². The standard InChI is InChI=1S/C38H60N2.C8H10O2.Ni/c1-6-11-16-20-32-25-33(21-17-12-7-2)28-37(27-32)39-31-36(24-15-10-5)40-38-29-34(22-18-13-8-3)26-35(30-38)23-19-14-9-4;1-2-6-3-4-7(9)8(10)5-6;/h25-31H,6-24H2,1-5H3;3-5,9-10H,2H2,1H3;/q;;+2/p-2. The zero-order chi connectivity index (χ0) is 36.4. The van der Waals surface area contributed by atoms with Gasteiger partial charge < -0.3 is 10.2 Å². The van der Waals surface area contributed by atoms with Crippen LogP contribution in [0.5, 0.6) is 11.5 Å². The molecule has 3 aromatic carbocycles. The SMILES string of the molecule is CCCCCc1cc(CCCCC)cc(N=CC(CCCC)=Nc2cc(CCCCC)cc(CCCCC)c2)c1.CCc1ccc([O-])c([O-])c1.[Ni+2]. The third-order valence-corrected chi connectivity index (χ3v) is 9.19. The molecule has 0 saturated heterocycles. The first-order valence-corrected chi connectivity index (χ1v) is 20.2. The molecule has 0 atom stereocenters. The van der Waals surface area contributed by atoms with E-state index in [1.165, 1.54) is 118 Å². The Bertz CT molecular complexity index is 1360. The maximum absolute atomic E-state index is 10.7. The van der Waals surface area contributed by atoms with Crippen LogP contribution >= 0.6 is 0 Å². The van der Waals surface area contributed by atoms with Gasteiger partial charge in [0, 0.05) is 6.21 Å². The average molecular weight is 740 g/mol. The second-order valence-electron chi connectivity index (χ2n) is 13.9. The minimum absolute atomic E-state index is 0. The van der Waals surface area contributed by atoms with Gasteiger partial charge in [-0.25, -0.2) is 0 Å². The second-order valence-corrected chi connectivity index (χ2v) is 13.9. The number of hydrogen-bond donors (Lipinski definition) is 0. The second kappa shape index (κ2) is 28.7. The van der Waals surface area contributed by atoms with Crippen molar-refractivity contribution in [1.29, 1.82) is 0 Å². The fourth-order valence-electron chi connectivity index (χ4n) is 6.11. The minimum atomic E-state index is -0.419. The zero-order valence-corrected chi connectivity index (χ0v) is 33.9. The van der Waals surface area contributed by atoms with Gasteiger partial charge in [0.25, 0.3) is 0 Å². The van der Waals surface area contributed by atoms with Gasteiger partial charge in [0.05, 0.1) is 17.1 Å². The molecular weight excluding hydrogens is 671 g/mol. The van der Waals surface area contributed by atoms with Crippen molar-refractivity contribution in [3.05, 3.63) is 82.4 Å². The first kappa shape index (κ1) is 46.1. The number of aliphatic imine (C=N–C) groups is 2. The molecule has 0 aromatic heterocycles. The molecule has 0 heterocycles. The molecule has 0 spiro atoms. The van der Waals surface area contributed by atoms with Crippen LogP contribution in [0.3, 0.4) is 0 Å². The Kier molecular flexibility index (Phi) is 25.9. The summed E-state index contributed by atoms with van der Waals surface area (Å²) in [5.41, 5.74) is 10.0. The topological polar surface area (TPSA) is 70.8 Å². The van der Waals surface area contributed by atoms with Crippen LogP contribution in [0.4, 0.5) is 11.4 Å². The van der Waals surface area contributed by atoms with Crippen LogP contribution < -0.4 is 10.2 Å². The van der Waals surface area contributed by atoms with Gasteiger partial charge in [-0.1, -0.05) is 130 Å². The Labute approximate surface area is 322 Å². The molecule has 0 aliphatic heterocycles. The molecule has 284 valence electrons. The Morgan fingerprint density at radius 3 is 1.31 bits per heavy atom. The van der Waals surface area contributed by atoms with Crippen molar-refractivity contribution in [1.82, 2.24) is 0 Å². The molecule has 0 saturated carbocycles. The summed E-state index contributed by atoms with van der Waals surface area (Å²) in [4.78, 5) is 10.3. The van der Waals surface area contributed by atoms with Gasteiger partial charge in [-0.05, 0) is 123 Å². The molecule has 0 unspecified atom stereocenters. The number of hydrogen-bond acceptors (Lipinski definition) is 4. The molecule has 3 rings (SSSR count). The quantitative estimate of drug-likeness (QED) is 0.0552. The van der Waals surface area contributed by atoms with Gasteiger partial charge >= 0.3 is 16.5 Å². The predicted octanol–water partition coefficient (Wildman–Crippen LogP) is 12.7. The number of benzene rings is 3. The average Bonchev–Trinajstić information content (AvgIpc) is 3.11. The molecule has 3 aromatic rings. The van der Waals surface area contributed by atoms with Crippen LogP contribution in [-0.4, -0.2) is 11.9 Å². The summed E-state index contributed by atoms with van der Waals surface area (Å²) < 4.78 is 0. The first-order chi connectivity index (χ1) is 24.3. The van der Waals surface area contributed by atoms with Gasteiger partial charge in [-0.3, -0.25) is 9.98 Å². The van der Waals surface area contributed by atoms with Crippen LogP contribution in [0.15, 0.2) is 64.6 Å². The van der Waals surface area contributed by atoms with E-state index in [-0.39, 0.29) is 16.5 Å². The first-order valence-electron chi connectivity index (χ1n) is 20.2. The van der Waals surface area contributed by atoms with Gasteiger partial charge in [0.2, 0.25) is 0 Å². The third kappa shape index (κ3) is 20.1. The minimum Gasteiger partial charge on any atom is -0.873 e. The molecule has 0 bridgehead atoms. The molecule has 4 nitrogen and oxygen atoms in total. The van der Waals surface area contributed by atoms with E-state index in [4.69, 9.17) is 9.98 Å². The number of nitrogens with zero attached hydrogens (tertiary/aromatic N) is 2. The van der Waals surface area contributed by atoms with Crippen molar-refractivity contribution >= 4 is 23.3 Å². The van der Waals surface area contributed by atoms with Crippen LogP contribution in [0.25, 0.3) is 0 Å². The van der Waals surface area contributed by atoms with Gasteiger partial charge in [-0.15, -0.1) is 11.5 Å². The molecular formula is C46H68N2NiO2. The monoisotopic (exact) mass is 738 g/mol. The number of aryl methyl sites for hydroxylation is 5. The Balaban J connectivity index is 0.00000101. The van der Waals surface area contributed by atoms with Crippen molar-refractivity contribution in [3.8, 4) is 11.5 Å². The molecule has 0 aliphatic carbocycles. The molecule has 0 aliphatic rings. The third-order valence-electron chi connectivity index (χ3n) is 9.19. The van der Waals surface area contributed by atoms with Crippen molar-refractivity contribution in [2.75, 3.05) is 0 Å². The Hall–Kier alpha value is -2.91. The van der Waals surface area contributed by atoms with Gasteiger partial charge in [-0.2, -0.15) is 0 Å². The molecule has 0 radical (unpaired) electrons. The smallest absolute Gasteiger partial charge is 0.873 e. The number of rotatable bonds is 23. The van der Waals surface area contributed by atoms with Crippen molar-refractivity contribution < 1.29 is 26.7 Å². The van der Waals surface area contributed by atoms with E-state index in [0.717, 1.165) is 67.6 Å². The fraction of sp³-hybridized carbons (Fsp3) is 0.565. The Morgan fingerprint density at radius 1 is 0.490 bits per heavy atom. The summed E-state index contributed by atoms with van der Waals surface area (Å²) in [7, 11) is 0. The largest absolute Gasteiger partial charge is 2.00 e. The van der Waals surface area contributed by atoms with Crippen molar-refractivity contribution in [2.24, 2.45) is 9.98 Å². The molecule has 0 fully saturated rings. The molecule has 5 heteroatoms. The summed E-state index contributed by atoms with van der Waals surface area (Å²) in [5.74, 6) is -0.823. The van der Waals surface area contributed by atoms with E-state index in [2.05, 4.69) is 77.2 Å². The Morgan fingerprint density at radius 2 is 0.922 bits per heavy atom. The van der Waals surface area contributed by atoms with Crippen molar-refractivity contribution in [3.63, 3.8) is 0 Å². The number of unbranched alkanes of at least 4 members (excludes halogenated alkanes) is 9. The zero-order valence-electron chi connectivity index (χ0n) is 32.9. The molecule has 0 N–H and O–H groups in total. The maximum Gasteiger partial charge on any atom is 2.00 e. The maximum atomic E-state index is 10.7. The van der Waals surface area contributed by atoms with E-state index in [1.54, 1.807) is 6.07 Å². The molecule has 0 amide bonds. The van der Waals surface area contributed by atoms with Crippen LogP contribution in [0.1, 0.15) is 166 Å². The van der Waals surface area contributed by atoms with Gasteiger partial charge in [0.15, 0.2) is 0 Å². The summed E-state index contributed by atoms with van der Waals surface area (Å²) in [6.45, 7) is 13.3. The summed E-state index contributed by atoms with van der Waals surface area (Å²) in [6.07, 6.45) is 26.0. The molecule has 51 heavy (non-hydrogen) atoms. The van der Waals surface area contributed by atoms with E-state index in [1.807, 2.05) is 6.92 Å². The predicted molar refractivity (Wildman–Crippen MR) is 215 cm³/mol. The van der Waals surface area contributed by atoms with Gasteiger partial charge in [0.1, 0.15) is 0 Å². The summed E-state index contributed by atoms with van der Waals surface area (Å²) in [5, 5.41) is 21.3. The van der Waals surface area contributed by atoms with E-state index >= 15 is 0 Å². The van der Waals surface area contributed by atoms with E-state index in [9.17, 15) is 10.2 Å².